The van der Waals surface area contributed by atoms with E-state index in [1.54, 1.807) is 13.0 Å². The second kappa shape index (κ2) is 11.7. The zero-order valence-corrected chi connectivity index (χ0v) is 20.0. The minimum atomic E-state index is -3.42. The molecular formula is C19H28ClFN5O5P. The van der Waals surface area contributed by atoms with Crippen molar-refractivity contribution in [1.29, 1.82) is 0 Å². The van der Waals surface area contributed by atoms with E-state index < -0.39 is 18.4 Å². The van der Waals surface area contributed by atoms with Crippen LogP contribution in [0.5, 0.6) is 5.75 Å². The Balaban J connectivity index is 2.03. The molecule has 2 N–H and O–H groups in total. The lowest BCUT2D eigenvalue weighted by Gasteiger charge is -2.26. The van der Waals surface area contributed by atoms with Gasteiger partial charge in [-0.25, -0.2) is 19.1 Å². The first-order chi connectivity index (χ1) is 15.1. The summed E-state index contributed by atoms with van der Waals surface area (Å²) in [5.74, 6) is -0.762. The van der Waals surface area contributed by atoms with Crippen molar-refractivity contribution in [2.24, 2.45) is 7.05 Å². The first-order valence-electron chi connectivity index (χ1n) is 10.0. The molecule has 1 unspecified atom stereocenters. The fourth-order valence-corrected chi connectivity index (χ4v) is 4.80. The number of alkyl halides is 1. The molecule has 0 radical (unpaired) electrons. The predicted octanol–water partition coefficient (Wildman–Crippen LogP) is 4.28. The summed E-state index contributed by atoms with van der Waals surface area (Å²) in [4.78, 5) is 13.9. The van der Waals surface area contributed by atoms with Crippen LogP contribution in [0.4, 0.5) is 10.3 Å². The van der Waals surface area contributed by atoms with E-state index in [0.29, 0.717) is 11.3 Å². The Morgan fingerprint density at radius 1 is 1.31 bits per heavy atom. The van der Waals surface area contributed by atoms with Gasteiger partial charge in [-0.15, -0.1) is 11.6 Å². The van der Waals surface area contributed by atoms with Gasteiger partial charge in [-0.3, -0.25) is 4.57 Å². The molecule has 2 aromatic rings. The van der Waals surface area contributed by atoms with E-state index in [9.17, 15) is 19.1 Å². The minimum Gasteiger partial charge on any atom is -0.483 e. The van der Waals surface area contributed by atoms with E-state index in [1.807, 2.05) is 13.8 Å². The van der Waals surface area contributed by atoms with Crippen LogP contribution >= 0.6 is 19.3 Å². The van der Waals surface area contributed by atoms with Gasteiger partial charge in [-0.2, -0.15) is 0 Å². The van der Waals surface area contributed by atoms with Gasteiger partial charge in [-0.1, -0.05) is 18.0 Å². The highest BCUT2D eigenvalue weighted by Crippen LogP contribution is 2.40. The first-order valence-corrected chi connectivity index (χ1v) is 12.2. The van der Waals surface area contributed by atoms with E-state index in [1.165, 1.54) is 29.9 Å². The Morgan fingerprint density at radius 2 is 2.00 bits per heavy atom. The van der Waals surface area contributed by atoms with Gasteiger partial charge in [0.15, 0.2) is 17.3 Å². The third kappa shape index (κ3) is 7.25. The van der Waals surface area contributed by atoms with Gasteiger partial charge in [0.2, 0.25) is 0 Å². The lowest BCUT2D eigenvalue weighted by Crippen LogP contribution is -2.35. The number of halogens is 2. The fraction of sp³-hybridized carbons (Fsp3) is 0.526. The lowest BCUT2D eigenvalue weighted by molar-refractivity contribution is -0.396. The number of aromatic nitrogens is 2. The molecule has 0 saturated carbocycles. The van der Waals surface area contributed by atoms with Crippen LogP contribution in [0.3, 0.4) is 0 Å². The molecule has 0 aliphatic rings. The molecule has 32 heavy (non-hydrogen) atoms. The van der Waals surface area contributed by atoms with E-state index in [2.05, 4.69) is 15.2 Å². The zero-order valence-electron chi connectivity index (χ0n) is 18.4. The van der Waals surface area contributed by atoms with Crippen molar-refractivity contribution in [1.82, 2.24) is 19.7 Å². The van der Waals surface area contributed by atoms with Crippen molar-refractivity contribution < 1.29 is 23.1 Å². The molecule has 13 heteroatoms. The summed E-state index contributed by atoms with van der Waals surface area (Å²) in [5.41, 5.74) is 0.873. The monoisotopic (exact) mass is 491 g/mol. The zero-order chi connectivity index (χ0) is 23.9. The van der Waals surface area contributed by atoms with Gasteiger partial charge in [0.25, 0.3) is 0 Å². The second-order valence-corrected chi connectivity index (χ2v) is 9.55. The highest BCUT2D eigenvalue weighted by atomic mass is 35.5. The van der Waals surface area contributed by atoms with Gasteiger partial charge in [0.1, 0.15) is 12.8 Å². The summed E-state index contributed by atoms with van der Waals surface area (Å²) >= 11 is 5.82. The van der Waals surface area contributed by atoms with Crippen molar-refractivity contribution in [2.75, 3.05) is 5.88 Å². The standard InChI is InChI=1S/C19H28ClFN5O5P/c1-5-13(2)23-32(29,24-14(3)9-20)31-11-15-6-7-18(17(21)8-15)30-12-16-10-22-19(25(16)4)26(27)28/h6-8,10,13-14H,5,9,11-12H2,1-4H3,(H2,23,24,29)/t13-,14-,32?/m1/s1. The molecule has 1 aromatic carbocycles. The van der Waals surface area contributed by atoms with Gasteiger partial charge in [0, 0.05) is 18.0 Å². The molecule has 1 heterocycles. The van der Waals surface area contributed by atoms with Crippen molar-refractivity contribution in [3.63, 3.8) is 0 Å². The number of ether oxygens (including phenoxy) is 1. The molecule has 178 valence electrons. The van der Waals surface area contributed by atoms with Gasteiger partial charge in [-0.05, 0) is 42.9 Å². The maximum absolute atomic E-state index is 14.5. The van der Waals surface area contributed by atoms with Crippen LogP contribution in [0.1, 0.15) is 38.4 Å². The molecule has 0 amide bonds. The Morgan fingerprint density at radius 3 is 2.56 bits per heavy atom. The largest absolute Gasteiger partial charge is 0.483 e. The molecule has 0 saturated heterocycles. The number of nitrogens with one attached hydrogen (secondary N) is 2. The van der Waals surface area contributed by atoms with Crippen LogP contribution < -0.4 is 14.9 Å². The van der Waals surface area contributed by atoms with Crippen molar-refractivity contribution in [3.05, 3.63) is 51.6 Å². The van der Waals surface area contributed by atoms with Crippen LogP contribution in [-0.4, -0.2) is 32.4 Å². The molecule has 0 spiro atoms. The molecule has 0 fully saturated rings. The number of imidazole rings is 1. The van der Waals surface area contributed by atoms with E-state index in [-0.39, 0.29) is 42.9 Å². The van der Waals surface area contributed by atoms with Crippen LogP contribution in [0.25, 0.3) is 0 Å². The number of nitrogens with zero attached hydrogens (tertiary/aromatic N) is 3. The second-order valence-electron chi connectivity index (χ2n) is 7.37. The van der Waals surface area contributed by atoms with Gasteiger partial charge in [0.05, 0.1) is 13.7 Å². The first kappa shape index (κ1) is 26.2. The van der Waals surface area contributed by atoms with Crippen LogP contribution in [0.2, 0.25) is 0 Å². The topological polar surface area (TPSA) is 121 Å². The number of benzene rings is 1. The smallest absolute Gasteiger partial charge is 0.434 e. The molecule has 0 aliphatic heterocycles. The SMILES string of the molecule is CC[C@@H](C)NP(=O)(N[C@H](C)CCl)OCc1ccc(OCc2cnc([N+](=O)[O-])n2C)c(F)c1. The molecular weight excluding hydrogens is 464 g/mol. The van der Waals surface area contributed by atoms with E-state index in [0.717, 1.165) is 6.42 Å². The van der Waals surface area contributed by atoms with Crippen LogP contribution in [0, 0.1) is 15.9 Å². The Kier molecular flexibility index (Phi) is 9.60. The maximum Gasteiger partial charge on any atom is 0.434 e. The minimum absolute atomic E-state index is 0.0348. The highest BCUT2D eigenvalue weighted by Gasteiger charge is 2.27. The van der Waals surface area contributed by atoms with Crippen LogP contribution in [0.15, 0.2) is 24.4 Å². The van der Waals surface area contributed by atoms with Crippen LogP contribution in [-0.2, 0) is 29.4 Å². The quantitative estimate of drug-likeness (QED) is 0.184. The summed E-state index contributed by atoms with van der Waals surface area (Å²) in [6, 6.07) is 3.91. The van der Waals surface area contributed by atoms with Crippen molar-refractivity contribution in [2.45, 2.75) is 52.5 Å². The van der Waals surface area contributed by atoms with Crippen molar-refractivity contribution in [3.8, 4) is 5.75 Å². The van der Waals surface area contributed by atoms with Crippen molar-refractivity contribution >= 4 is 25.2 Å². The normalized spacial score (nSPS) is 15.2. The lowest BCUT2D eigenvalue weighted by atomic mass is 10.2. The number of hydrogen-bond acceptors (Lipinski definition) is 6. The average molecular weight is 492 g/mol. The number of hydrogen-bond donors (Lipinski definition) is 2. The molecule has 1 aromatic heterocycles. The Labute approximate surface area is 191 Å². The van der Waals surface area contributed by atoms with E-state index >= 15 is 0 Å². The Bertz CT molecular complexity index is 960. The summed E-state index contributed by atoms with van der Waals surface area (Å²) in [5, 5.41) is 16.7. The van der Waals surface area contributed by atoms with Gasteiger partial charge >= 0.3 is 13.6 Å². The third-order valence-corrected chi connectivity index (χ3v) is 7.15. The number of nitro groups is 1. The molecule has 2 rings (SSSR count). The third-order valence-electron chi connectivity index (χ3n) is 4.63. The van der Waals surface area contributed by atoms with E-state index in [4.69, 9.17) is 20.9 Å². The summed E-state index contributed by atoms with van der Waals surface area (Å²) in [6.07, 6.45) is 2.04. The molecule has 0 aliphatic carbocycles. The summed E-state index contributed by atoms with van der Waals surface area (Å²) < 4.78 is 40.0. The predicted molar refractivity (Wildman–Crippen MR) is 119 cm³/mol. The maximum atomic E-state index is 14.5. The number of rotatable bonds is 13. The highest BCUT2D eigenvalue weighted by molar-refractivity contribution is 7.54. The average Bonchev–Trinajstić information content (AvgIpc) is 3.12. The molecule has 3 atom stereocenters. The van der Waals surface area contributed by atoms with Gasteiger partial charge < -0.3 is 19.4 Å². The molecule has 0 bridgehead atoms. The molecule has 10 nitrogen and oxygen atoms in total. The summed E-state index contributed by atoms with van der Waals surface area (Å²) in [7, 11) is -1.95. The fourth-order valence-electron chi connectivity index (χ4n) is 2.62. The Hall–Kier alpha value is -2.04. The summed E-state index contributed by atoms with van der Waals surface area (Å²) in [6.45, 7) is 5.41.